The molecule has 21 heavy (non-hydrogen) atoms. The summed E-state index contributed by atoms with van der Waals surface area (Å²) in [5, 5.41) is 0.986. The monoisotopic (exact) mass is 309 g/mol. The molecule has 4 heteroatoms. The number of para-hydroxylation sites is 1. The number of rotatable bonds is 3. The highest BCUT2D eigenvalue weighted by molar-refractivity contribution is 6.20. The van der Waals surface area contributed by atoms with E-state index in [2.05, 4.69) is 4.98 Å². The highest BCUT2D eigenvalue weighted by Gasteiger charge is 2.37. The van der Waals surface area contributed by atoms with Gasteiger partial charge in [0.15, 0.2) is 0 Å². The Hall–Kier alpha value is -1.22. The Kier molecular flexibility index (Phi) is 4.12. The molecule has 0 N–H and O–H groups in total. The topological polar surface area (TPSA) is 12.9 Å². The molecule has 0 saturated heterocycles. The van der Waals surface area contributed by atoms with E-state index in [1.165, 1.54) is 0 Å². The van der Waals surface area contributed by atoms with Crippen molar-refractivity contribution in [1.29, 1.82) is 0 Å². The van der Waals surface area contributed by atoms with Crippen molar-refractivity contribution >= 4 is 22.5 Å². The number of alkyl halides is 3. The van der Waals surface area contributed by atoms with Gasteiger partial charge in [-0.2, -0.15) is 0 Å². The van der Waals surface area contributed by atoms with E-state index in [9.17, 15) is 8.78 Å². The van der Waals surface area contributed by atoms with Gasteiger partial charge in [-0.25, -0.2) is 8.78 Å². The number of benzene rings is 1. The lowest BCUT2D eigenvalue weighted by molar-refractivity contribution is -0.0460. The maximum Gasteiger partial charge on any atom is 0.248 e. The van der Waals surface area contributed by atoms with Gasteiger partial charge in [0.1, 0.15) is 0 Å². The van der Waals surface area contributed by atoms with E-state index >= 15 is 0 Å². The van der Waals surface area contributed by atoms with Crippen molar-refractivity contribution in [2.75, 3.05) is 0 Å². The number of pyridine rings is 1. The largest absolute Gasteiger partial charge is 0.253 e. The molecule has 1 nitrogen and oxygen atoms in total. The van der Waals surface area contributed by atoms with Crippen molar-refractivity contribution < 1.29 is 8.78 Å². The van der Waals surface area contributed by atoms with Gasteiger partial charge in [0.05, 0.1) is 5.52 Å². The Balaban J connectivity index is 1.67. The lowest BCUT2D eigenvalue weighted by Crippen LogP contribution is -2.29. The molecule has 0 bridgehead atoms. The normalized spacial score (nSPS) is 20.5. The van der Waals surface area contributed by atoms with Gasteiger partial charge < -0.3 is 0 Å². The van der Waals surface area contributed by atoms with Gasteiger partial charge in [0, 0.05) is 35.7 Å². The average molecular weight is 310 g/mol. The van der Waals surface area contributed by atoms with E-state index < -0.39 is 5.92 Å². The zero-order valence-corrected chi connectivity index (χ0v) is 12.5. The molecular formula is C17H18ClF2N. The SMILES string of the molecule is FC1(F)CCC(C(Cl)Cc2ccc3ccccc3n2)CC1. The van der Waals surface area contributed by atoms with Crippen LogP contribution in [0.3, 0.4) is 0 Å². The van der Waals surface area contributed by atoms with E-state index in [0.29, 0.717) is 19.3 Å². The minimum absolute atomic E-state index is 0.0357. The third-order valence-electron chi connectivity index (χ3n) is 4.33. The highest BCUT2D eigenvalue weighted by Crippen LogP contribution is 2.39. The first-order valence-corrected chi connectivity index (χ1v) is 7.84. The predicted molar refractivity (Wildman–Crippen MR) is 82.0 cm³/mol. The molecule has 1 heterocycles. The van der Waals surface area contributed by atoms with Crippen LogP contribution in [0.25, 0.3) is 10.9 Å². The van der Waals surface area contributed by atoms with Crippen LogP contribution in [0.5, 0.6) is 0 Å². The summed E-state index contributed by atoms with van der Waals surface area (Å²) in [6.07, 6.45) is 1.59. The lowest BCUT2D eigenvalue weighted by Gasteiger charge is -2.30. The molecule has 1 aromatic heterocycles. The van der Waals surface area contributed by atoms with Gasteiger partial charge in [0.2, 0.25) is 5.92 Å². The average Bonchev–Trinajstić information content (AvgIpc) is 2.47. The Morgan fingerprint density at radius 3 is 2.62 bits per heavy atom. The summed E-state index contributed by atoms with van der Waals surface area (Å²) in [4.78, 5) is 4.61. The Morgan fingerprint density at radius 2 is 1.86 bits per heavy atom. The molecule has 1 aromatic carbocycles. The van der Waals surface area contributed by atoms with Crippen LogP contribution in [0.15, 0.2) is 36.4 Å². The third-order valence-corrected chi connectivity index (χ3v) is 4.84. The van der Waals surface area contributed by atoms with Crippen molar-refractivity contribution in [3.05, 3.63) is 42.1 Å². The van der Waals surface area contributed by atoms with Crippen LogP contribution in [0.4, 0.5) is 8.78 Å². The van der Waals surface area contributed by atoms with E-state index in [0.717, 1.165) is 16.6 Å². The minimum Gasteiger partial charge on any atom is -0.253 e. The van der Waals surface area contributed by atoms with Crippen LogP contribution < -0.4 is 0 Å². The van der Waals surface area contributed by atoms with Gasteiger partial charge in [-0.05, 0) is 30.9 Å². The van der Waals surface area contributed by atoms with Crippen LogP contribution in [0.2, 0.25) is 0 Å². The number of aromatic nitrogens is 1. The molecule has 112 valence electrons. The molecule has 1 fully saturated rings. The fourth-order valence-corrected chi connectivity index (χ4v) is 3.42. The zero-order chi connectivity index (χ0) is 14.9. The number of fused-ring (bicyclic) bond motifs is 1. The van der Waals surface area contributed by atoms with Crippen LogP contribution in [0.1, 0.15) is 31.4 Å². The smallest absolute Gasteiger partial charge is 0.248 e. The van der Waals surface area contributed by atoms with Gasteiger partial charge in [-0.3, -0.25) is 4.98 Å². The number of nitrogens with zero attached hydrogens (tertiary/aromatic N) is 1. The molecule has 1 atom stereocenters. The Morgan fingerprint density at radius 1 is 1.14 bits per heavy atom. The molecule has 0 radical (unpaired) electrons. The lowest BCUT2D eigenvalue weighted by atomic mass is 9.83. The van der Waals surface area contributed by atoms with Crippen LogP contribution in [-0.4, -0.2) is 16.3 Å². The van der Waals surface area contributed by atoms with Crippen LogP contribution in [-0.2, 0) is 6.42 Å². The quantitative estimate of drug-likeness (QED) is 0.709. The summed E-state index contributed by atoms with van der Waals surface area (Å²) in [6, 6.07) is 12.0. The first kappa shape index (κ1) is 14.7. The van der Waals surface area contributed by atoms with Gasteiger partial charge >= 0.3 is 0 Å². The van der Waals surface area contributed by atoms with Gasteiger partial charge in [-0.1, -0.05) is 24.3 Å². The van der Waals surface area contributed by atoms with Crippen LogP contribution in [0, 0.1) is 5.92 Å². The van der Waals surface area contributed by atoms with Gasteiger partial charge in [0.25, 0.3) is 0 Å². The summed E-state index contributed by atoms with van der Waals surface area (Å²) in [7, 11) is 0. The van der Waals surface area contributed by atoms with Crippen molar-refractivity contribution in [2.45, 2.75) is 43.4 Å². The van der Waals surface area contributed by atoms with Gasteiger partial charge in [-0.15, -0.1) is 11.6 Å². The molecular weight excluding hydrogens is 292 g/mol. The first-order valence-electron chi connectivity index (χ1n) is 7.40. The molecule has 2 aromatic rings. The zero-order valence-electron chi connectivity index (χ0n) is 11.7. The number of hydrogen-bond acceptors (Lipinski definition) is 1. The number of hydrogen-bond donors (Lipinski definition) is 0. The highest BCUT2D eigenvalue weighted by atomic mass is 35.5. The van der Waals surface area contributed by atoms with E-state index in [4.69, 9.17) is 11.6 Å². The van der Waals surface area contributed by atoms with Crippen molar-refractivity contribution in [3.63, 3.8) is 0 Å². The second kappa shape index (κ2) is 5.88. The third kappa shape index (κ3) is 3.52. The number of halogens is 3. The summed E-state index contributed by atoms with van der Waals surface area (Å²) in [5.41, 5.74) is 1.89. The molecule has 1 unspecified atom stereocenters. The van der Waals surface area contributed by atoms with Crippen molar-refractivity contribution in [3.8, 4) is 0 Å². The molecule has 1 saturated carbocycles. The molecule has 0 amide bonds. The van der Waals surface area contributed by atoms with Crippen molar-refractivity contribution in [2.24, 2.45) is 5.92 Å². The molecule has 1 aliphatic rings. The maximum absolute atomic E-state index is 13.2. The van der Waals surface area contributed by atoms with Crippen molar-refractivity contribution in [1.82, 2.24) is 4.98 Å². The fourth-order valence-electron chi connectivity index (χ4n) is 3.01. The standard InChI is InChI=1S/C17H18ClF2N/c18-15(12-7-9-17(19,20)10-8-12)11-14-6-5-13-3-1-2-4-16(13)21-14/h1-6,12,15H,7-11H2. The van der Waals surface area contributed by atoms with E-state index in [1.807, 2.05) is 36.4 Å². The minimum atomic E-state index is -2.49. The second-order valence-electron chi connectivity index (χ2n) is 5.91. The van der Waals surface area contributed by atoms with E-state index in [-0.39, 0.29) is 24.1 Å². The second-order valence-corrected chi connectivity index (χ2v) is 6.47. The maximum atomic E-state index is 13.2. The first-order chi connectivity index (χ1) is 10.0. The Bertz CT molecular complexity index is 619. The van der Waals surface area contributed by atoms with E-state index in [1.54, 1.807) is 0 Å². The fraction of sp³-hybridized carbons (Fsp3) is 0.471. The molecule has 0 spiro atoms. The molecule has 1 aliphatic carbocycles. The summed E-state index contributed by atoms with van der Waals surface area (Å²) in [5.74, 6) is -2.33. The molecule has 3 rings (SSSR count). The van der Waals surface area contributed by atoms with Crippen LogP contribution >= 0.6 is 11.6 Å². The summed E-state index contributed by atoms with van der Waals surface area (Å²) >= 11 is 6.45. The summed E-state index contributed by atoms with van der Waals surface area (Å²) in [6.45, 7) is 0. The summed E-state index contributed by atoms with van der Waals surface area (Å²) < 4.78 is 26.4. The Labute approximate surface area is 128 Å². The molecule has 0 aliphatic heterocycles. The predicted octanol–water partition coefficient (Wildman–Crippen LogP) is 5.21.